The van der Waals surface area contributed by atoms with Crippen molar-refractivity contribution in [1.82, 2.24) is 5.32 Å². The van der Waals surface area contributed by atoms with Crippen molar-refractivity contribution in [3.8, 4) is 0 Å². The Morgan fingerprint density at radius 3 is 2.83 bits per heavy atom. The molecule has 0 unspecified atom stereocenters. The van der Waals surface area contributed by atoms with Crippen LogP contribution in [0.2, 0.25) is 0 Å². The quantitative estimate of drug-likeness (QED) is 0.625. The molecule has 2 rings (SSSR count). The number of hydrogen-bond donors (Lipinski definition) is 1. The minimum atomic E-state index is -0.921. The molecule has 2 nitrogen and oxygen atoms in total. The molecule has 0 aromatic heterocycles. The molecule has 1 fully saturated rings. The molecule has 0 spiro atoms. The van der Waals surface area contributed by atoms with E-state index in [9.17, 15) is 13.6 Å². The van der Waals surface area contributed by atoms with Crippen LogP contribution in [0, 0.1) is 18.6 Å². The molecule has 0 bridgehead atoms. The zero-order valence-corrected chi connectivity index (χ0v) is 11.4. The van der Waals surface area contributed by atoms with E-state index in [1.807, 2.05) is 0 Å². The van der Waals surface area contributed by atoms with Gasteiger partial charge in [0, 0.05) is 22.2 Å². The summed E-state index contributed by atoms with van der Waals surface area (Å²) in [4.78, 5) is 11.6. The molecule has 1 saturated heterocycles. The van der Waals surface area contributed by atoms with Crippen LogP contribution in [0.4, 0.5) is 8.78 Å². The normalized spacial score (nSPS) is 18.0. The molecule has 96 valence electrons. The third-order valence-corrected chi connectivity index (χ3v) is 3.80. The van der Waals surface area contributed by atoms with Crippen LogP contribution in [0.15, 0.2) is 16.1 Å². The van der Waals surface area contributed by atoms with Crippen LogP contribution in [0.3, 0.4) is 0 Å². The first-order chi connectivity index (χ1) is 8.50. The summed E-state index contributed by atoms with van der Waals surface area (Å²) in [5.41, 5.74) is 1.20. The Hall–Kier alpha value is -1.23. The van der Waals surface area contributed by atoms with Crippen LogP contribution in [-0.2, 0) is 4.79 Å². The molecule has 1 aliphatic heterocycles. The van der Waals surface area contributed by atoms with Crippen molar-refractivity contribution in [1.29, 1.82) is 0 Å². The number of amides is 1. The highest BCUT2D eigenvalue weighted by Gasteiger charge is 2.18. The average Bonchev–Trinajstić information content (AvgIpc) is 2.34. The Labute approximate surface area is 112 Å². The molecule has 1 amide bonds. The number of carbonyl (C=O) groups is 1. The van der Waals surface area contributed by atoms with Crippen LogP contribution >= 0.6 is 15.9 Å². The number of rotatable bonds is 1. The van der Waals surface area contributed by atoms with E-state index in [0.717, 1.165) is 12.5 Å². The highest BCUT2D eigenvalue weighted by atomic mass is 79.9. The van der Waals surface area contributed by atoms with Gasteiger partial charge in [0.15, 0.2) is 11.6 Å². The molecular weight excluding hydrogens is 304 g/mol. The van der Waals surface area contributed by atoms with Crippen molar-refractivity contribution in [3.05, 3.63) is 38.9 Å². The maximum absolute atomic E-state index is 13.8. The van der Waals surface area contributed by atoms with Crippen molar-refractivity contribution in [2.75, 3.05) is 6.54 Å². The van der Waals surface area contributed by atoms with Crippen LogP contribution in [0.1, 0.15) is 24.0 Å². The monoisotopic (exact) mass is 315 g/mol. The molecule has 1 heterocycles. The van der Waals surface area contributed by atoms with Crippen molar-refractivity contribution >= 4 is 27.9 Å². The molecule has 0 atom stereocenters. The van der Waals surface area contributed by atoms with E-state index in [2.05, 4.69) is 21.2 Å². The molecule has 5 heteroatoms. The van der Waals surface area contributed by atoms with Gasteiger partial charge < -0.3 is 5.32 Å². The molecule has 1 aromatic rings. The Morgan fingerprint density at radius 2 is 2.17 bits per heavy atom. The third-order valence-electron chi connectivity index (χ3n) is 2.98. The largest absolute Gasteiger partial charge is 0.352 e. The van der Waals surface area contributed by atoms with Gasteiger partial charge in [-0.15, -0.1) is 0 Å². The fourth-order valence-electron chi connectivity index (χ4n) is 1.90. The average molecular weight is 316 g/mol. The van der Waals surface area contributed by atoms with Crippen LogP contribution in [0.25, 0.3) is 6.08 Å². The highest BCUT2D eigenvalue weighted by Crippen LogP contribution is 2.28. The lowest BCUT2D eigenvalue weighted by Crippen LogP contribution is -2.30. The lowest BCUT2D eigenvalue weighted by Gasteiger charge is -2.15. The second-order valence-electron chi connectivity index (χ2n) is 4.22. The van der Waals surface area contributed by atoms with E-state index in [-0.39, 0.29) is 11.5 Å². The zero-order chi connectivity index (χ0) is 13.3. The van der Waals surface area contributed by atoms with E-state index >= 15 is 0 Å². The molecule has 1 N–H and O–H groups in total. The molecule has 0 aliphatic carbocycles. The van der Waals surface area contributed by atoms with Gasteiger partial charge in [0.1, 0.15) is 0 Å². The van der Waals surface area contributed by atoms with E-state index in [4.69, 9.17) is 0 Å². The molecule has 0 saturated carbocycles. The van der Waals surface area contributed by atoms with Crippen molar-refractivity contribution in [2.45, 2.75) is 19.8 Å². The van der Waals surface area contributed by atoms with Gasteiger partial charge >= 0.3 is 0 Å². The van der Waals surface area contributed by atoms with Gasteiger partial charge in [-0.2, -0.15) is 0 Å². The van der Waals surface area contributed by atoms with Gasteiger partial charge in [-0.3, -0.25) is 4.79 Å². The summed E-state index contributed by atoms with van der Waals surface area (Å²) in [7, 11) is 0. The van der Waals surface area contributed by atoms with Crippen LogP contribution in [0.5, 0.6) is 0 Å². The smallest absolute Gasteiger partial charge is 0.247 e. The highest BCUT2D eigenvalue weighted by molar-refractivity contribution is 9.10. The third kappa shape index (κ3) is 2.46. The first-order valence-corrected chi connectivity index (χ1v) is 6.43. The maximum atomic E-state index is 13.8. The van der Waals surface area contributed by atoms with Crippen LogP contribution < -0.4 is 5.32 Å². The predicted molar refractivity (Wildman–Crippen MR) is 69.0 cm³/mol. The summed E-state index contributed by atoms with van der Waals surface area (Å²) in [5, 5.41) is 2.69. The van der Waals surface area contributed by atoms with Gasteiger partial charge in [0.05, 0.1) is 0 Å². The summed E-state index contributed by atoms with van der Waals surface area (Å²) in [6.07, 6.45) is 2.83. The van der Waals surface area contributed by atoms with Gasteiger partial charge in [-0.25, -0.2) is 8.78 Å². The zero-order valence-electron chi connectivity index (χ0n) is 9.82. The lowest BCUT2D eigenvalue weighted by atomic mass is 9.99. The van der Waals surface area contributed by atoms with Crippen molar-refractivity contribution in [2.24, 2.45) is 0 Å². The number of benzene rings is 1. The van der Waals surface area contributed by atoms with Gasteiger partial charge in [0.25, 0.3) is 0 Å². The van der Waals surface area contributed by atoms with E-state index in [1.54, 1.807) is 6.92 Å². The van der Waals surface area contributed by atoms with Crippen molar-refractivity contribution < 1.29 is 13.6 Å². The van der Waals surface area contributed by atoms with E-state index in [1.165, 1.54) is 6.08 Å². The summed E-state index contributed by atoms with van der Waals surface area (Å²) >= 11 is 3.17. The molecule has 0 radical (unpaired) electrons. The van der Waals surface area contributed by atoms with Crippen molar-refractivity contribution in [3.63, 3.8) is 0 Å². The standard InChI is InChI=1S/C13H12BrF2NO/c1-7-9(12(16)11(15)6-10(7)14)5-8-3-2-4-17-13(8)18/h5-6H,2-4H2,1H3,(H,17,18)/b8-5+. The maximum Gasteiger partial charge on any atom is 0.247 e. The number of piperidine rings is 1. The fourth-order valence-corrected chi connectivity index (χ4v) is 2.31. The number of nitrogens with one attached hydrogen (secondary N) is 1. The topological polar surface area (TPSA) is 29.1 Å². The molecule has 1 aliphatic rings. The fraction of sp³-hybridized carbons (Fsp3) is 0.308. The Bertz CT molecular complexity index is 514. The Balaban J connectivity index is 2.51. The Kier molecular flexibility index (Phi) is 3.80. The number of hydrogen-bond acceptors (Lipinski definition) is 1. The Morgan fingerprint density at radius 1 is 1.44 bits per heavy atom. The van der Waals surface area contributed by atoms with Gasteiger partial charge in [0.2, 0.25) is 5.91 Å². The summed E-state index contributed by atoms with van der Waals surface area (Å²) in [5.74, 6) is -2.04. The first-order valence-electron chi connectivity index (χ1n) is 5.63. The lowest BCUT2D eigenvalue weighted by molar-refractivity contribution is -0.118. The second-order valence-corrected chi connectivity index (χ2v) is 5.08. The van der Waals surface area contributed by atoms with Crippen LogP contribution in [-0.4, -0.2) is 12.5 Å². The summed E-state index contributed by atoms with van der Waals surface area (Å²) in [6.45, 7) is 2.31. The molecule has 18 heavy (non-hydrogen) atoms. The summed E-state index contributed by atoms with van der Waals surface area (Å²) < 4.78 is 27.6. The minimum Gasteiger partial charge on any atom is -0.352 e. The minimum absolute atomic E-state index is 0.133. The van der Waals surface area contributed by atoms with Gasteiger partial charge in [-0.05, 0) is 37.5 Å². The van der Waals surface area contributed by atoms with E-state index < -0.39 is 11.6 Å². The SMILES string of the molecule is Cc1c(Br)cc(F)c(F)c1/C=C1\CCCNC1=O. The number of halogens is 3. The molecular formula is C13H12BrF2NO. The molecule has 1 aromatic carbocycles. The van der Waals surface area contributed by atoms with Gasteiger partial charge in [-0.1, -0.05) is 15.9 Å². The predicted octanol–water partition coefficient (Wildman–Crippen LogP) is 3.33. The van der Waals surface area contributed by atoms with E-state index in [0.29, 0.717) is 28.6 Å². The summed E-state index contributed by atoms with van der Waals surface area (Å²) in [6, 6.07) is 1.09. The first kappa shape index (κ1) is 13.2. The number of carbonyl (C=O) groups excluding carboxylic acids is 1. The second kappa shape index (κ2) is 5.18.